The Hall–Kier alpha value is -2.87. The second-order valence-corrected chi connectivity index (χ2v) is 7.09. The molecule has 3 aromatic carbocycles. The third-order valence-corrected chi connectivity index (χ3v) is 5.51. The molecule has 130 valence electrons. The number of anilines is 1. The van der Waals surface area contributed by atoms with Gasteiger partial charge in [-0.1, -0.05) is 72.8 Å². The highest BCUT2D eigenvalue weighted by Gasteiger charge is 2.39. The van der Waals surface area contributed by atoms with E-state index in [-0.39, 0.29) is 17.7 Å². The summed E-state index contributed by atoms with van der Waals surface area (Å²) in [4.78, 5) is 15.1. The molecule has 0 aliphatic carbocycles. The van der Waals surface area contributed by atoms with Crippen LogP contribution >= 0.6 is 0 Å². The summed E-state index contributed by atoms with van der Waals surface area (Å²) >= 11 is 0. The fourth-order valence-corrected chi connectivity index (χ4v) is 4.18. The summed E-state index contributed by atoms with van der Waals surface area (Å²) in [5.41, 5.74) is 5.96. The standard InChI is InChI=1S/C24H23NO/c1-17-10-6-7-13-19(17)23-20-14-8-9-15-22(20)25(2)24(26)21(23)16-18-11-4-3-5-12-18/h3-15,21,23H,16H2,1-2H3. The van der Waals surface area contributed by atoms with Crippen molar-refractivity contribution in [3.63, 3.8) is 0 Å². The minimum Gasteiger partial charge on any atom is -0.315 e. The van der Waals surface area contributed by atoms with Gasteiger partial charge in [0.15, 0.2) is 0 Å². The number of nitrogens with zero attached hydrogens (tertiary/aromatic N) is 1. The van der Waals surface area contributed by atoms with E-state index in [1.807, 2.05) is 36.2 Å². The van der Waals surface area contributed by atoms with Crippen LogP contribution < -0.4 is 4.90 Å². The molecule has 26 heavy (non-hydrogen) atoms. The third-order valence-electron chi connectivity index (χ3n) is 5.51. The fraction of sp³-hybridized carbons (Fsp3) is 0.208. The summed E-state index contributed by atoms with van der Waals surface area (Å²) in [5, 5.41) is 0. The van der Waals surface area contributed by atoms with E-state index < -0.39 is 0 Å². The Balaban J connectivity index is 1.87. The van der Waals surface area contributed by atoms with Gasteiger partial charge >= 0.3 is 0 Å². The highest BCUT2D eigenvalue weighted by Crippen LogP contribution is 2.44. The molecule has 0 saturated heterocycles. The Morgan fingerprint density at radius 3 is 2.15 bits per heavy atom. The van der Waals surface area contributed by atoms with Gasteiger partial charge in [0, 0.05) is 18.7 Å². The first-order valence-corrected chi connectivity index (χ1v) is 9.13. The van der Waals surface area contributed by atoms with Crippen molar-refractivity contribution in [2.24, 2.45) is 5.92 Å². The number of hydrogen-bond donors (Lipinski definition) is 0. The average Bonchev–Trinajstić information content (AvgIpc) is 2.68. The van der Waals surface area contributed by atoms with Crippen molar-refractivity contribution in [2.75, 3.05) is 11.9 Å². The summed E-state index contributed by atoms with van der Waals surface area (Å²) in [6.07, 6.45) is 0.747. The molecule has 2 unspecified atom stereocenters. The normalized spacial score (nSPS) is 19.3. The molecule has 0 fully saturated rings. The molecule has 0 saturated carbocycles. The van der Waals surface area contributed by atoms with Crippen LogP contribution in [0.15, 0.2) is 78.9 Å². The number of fused-ring (bicyclic) bond motifs is 1. The first-order chi connectivity index (χ1) is 12.7. The van der Waals surface area contributed by atoms with E-state index in [0.717, 1.165) is 12.1 Å². The molecule has 4 rings (SSSR count). The molecule has 2 nitrogen and oxygen atoms in total. The van der Waals surface area contributed by atoms with Crippen molar-refractivity contribution in [3.8, 4) is 0 Å². The van der Waals surface area contributed by atoms with Gasteiger partial charge in [0.25, 0.3) is 0 Å². The molecule has 1 heterocycles. The second kappa shape index (κ2) is 6.80. The van der Waals surface area contributed by atoms with E-state index in [9.17, 15) is 4.79 Å². The average molecular weight is 341 g/mol. The lowest BCUT2D eigenvalue weighted by molar-refractivity contribution is -0.123. The Labute approximate surface area is 155 Å². The van der Waals surface area contributed by atoms with Crippen molar-refractivity contribution >= 4 is 11.6 Å². The van der Waals surface area contributed by atoms with Crippen LogP contribution in [0.25, 0.3) is 0 Å². The van der Waals surface area contributed by atoms with Gasteiger partial charge in [-0.15, -0.1) is 0 Å². The summed E-state index contributed by atoms with van der Waals surface area (Å²) in [6.45, 7) is 2.14. The predicted octanol–water partition coefficient (Wildman–Crippen LogP) is 4.96. The van der Waals surface area contributed by atoms with E-state index in [0.29, 0.717) is 0 Å². The Morgan fingerprint density at radius 1 is 0.808 bits per heavy atom. The van der Waals surface area contributed by atoms with Crippen molar-refractivity contribution < 1.29 is 4.79 Å². The van der Waals surface area contributed by atoms with E-state index in [4.69, 9.17) is 0 Å². The Kier molecular flexibility index (Phi) is 4.34. The lowest BCUT2D eigenvalue weighted by atomic mass is 9.73. The van der Waals surface area contributed by atoms with Crippen molar-refractivity contribution in [1.82, 2.24) is 0 Å². The molecule has 2 atom stereocenters. The number of para-hydroxylation sites is 1. The third kappa shape index (κ3) is 2.82. The minimum atomic E-state index is -0.0987. The van der Waals surface area contributed by atoms with Crippen LogP contribution in [0.4, 0.5) is 5.69 Å². The van der Waals surface area contributed by atoms with Gasteiger partial charge < -0.3 is 4.90 Å². The second-order valence-electron chi connectivity index (χ2n) is 7.09. The molecule has 0 radical (unpaired) electrons. The number of benzene rings is 3. The topological polar surface area (TPSA) is 20.3 Å². The van der Waals surface area contributed by atoms with Crippen LogP contribution in [-0.2, 0) is 11.2 Å². The van der Waals surface area contributed by atoms with Gasteiger partial charge in [0.05, 0.1) is 5.92 Å². The van der Waals surface area contributed by atoms with E-state index in [1.165, 1.54) is 22.3 Å². The monoisotopic (exact) mass is 341 g/mol. The summed E-state index contributed by atoms with van der Waals surface area (Å²) in [5.74, 6) is 0.176. The van der Waals surface area contributed by atoms with E-state index in [2.05, 4.69) is 61.5 Å². The first-order valence-electron chi connectivity index (χ1n) is 9.13. The number of rotatable bonds is 3. The van der Waals surface area contributed by atoms with Gasteiger partial charge in [-0.2, -0.15) is 0 Å². The number of aryl methyl sites for hydroxylation is 1. The van der Waals surface area contributed by atoms with Gasteiger partial charge in [-0.25, -0.2) is 0 Å². The lowest BCUT2D eigenvalue weighted by Gasteiger charge is -2.38. The van der Waals surface area contributed by atoms with Crippen LogP contribution in [0, 0.1) is 12.8 Å². The summed E-state index contributed by atoms with van der Waals surface area (Å²) < 4.78 is 0. The molecule has 1 aliphatic rings. The van der Waals surface area contributed by atoms with Crippen molar-refractivity contribution in [1.29, 1.82) is 0 Å². The maximum absolute atomic E-state index is 13.3. The van der Waals surface area contributed by atoms with Gasteiger partial charge in [0.1, 0.15) is 0 Å². The van der Waals surface area contributed by atoms with Crippen LogP contribution in [0.1, 0.15) is 28.2 Å². The molecule has 1 aliphatic heterocycles. The fourth-order valence-electron chi connectivity index (χ4n) is 4.18. The lowest BCUT2D eigenvalue weighted by Crippen LogP contribution is -2.42. The van der Waals surface area contributed by atoms with Crippen LogP contribution in [0.2, 0.25) is 0 Å². The molecular formula is C24H23NO. The smallest absolute Gasteiger partial charge is 0.231 e. The molecule has 0 N–H and O–H groups in total. The molecular weight excluding hydrogens is 318 g/mol. The van der Waals surface area contributed by atoms with Gasteiger partial charge in [-0.05, 0) is 41.7 Å². The zero-order valence-corrected chi connectivity index (χ0v) is 15.2. The van der Waals surface area contributed by atoms with Gasteiger partial charge in [-0.3, -0.25) is 4.79 Å². The largest absolute Gasteiger partial charge is 0.315 e. The first kappa shape index (κ1) is 16.6. The molecule has 1 amide bonds. The van der Waals surface area contributed by atoms with Crippen LogP contribution in [0.5, 0.6) is 0 Å². The molecule has 2 heteroatoms. The molecule has 3 aromatic rings. The Morgan fingerprint density at radius 2 is 1.42 bits per heavy atom. The number of amides is 1. The summed E-state index contributed by atoms with van der Waals surface area (Å²) in [7, 11) is 1.90. The summed E-state index contributed by atoms with van der Waals surface area (Å²) in [6, 6.07) is 27.1. The molecule has 0 spiro atoms. The van der Waals surface area contributed by atoms with Crippen molar-refractivity contribution in [3.05, 3.63) is 101 Å². The zero-order chi connectivity index (χ0) is 18.1. The molecule has 0 bridgehead atoms. The predicted molar refractivity (Wildman–Crippen MR) is 107 cm³/mol. The number of carbonyl (C=O) groups is 1. The highest BCUT2D eigenvalue weighted by atomic mass is 16.2. The van der Waals surface area contributed by atoms with Crippen LogP contribution in [0.3, 0.4) is 0 Å². The zero-order valence-electron chi connectivity index (χ0n) is 15.2. The number of hydrogen-bond acceptors (Lipinski definition) is 1. The maximum atomic E-state index is 13.3. The quantitative estimate of drug-likeness (QED) is 0.659. The Bertz CT molecular complexity index is 932. The molecule has 0 aromatic heterocycles. The van der Waals surface area contributed by atoms with E-state index >= 15 is 0 Å². The SMILES string of the molecule is Cc1ccccc1C1c2ccccc2N(C)C(=O)C1Cc1ccccc1. The highest BCUT2D eigenvalue weighted by molar-refractivity contribution is 5.99. The van der Waals surface area contributed by atoms with E-state index in [1.54, 1.807) is 0 Å². The minimum absolute atomic E-state index is 0.0799. The van der Waals surface area contributed by atoms with Crippen LogP contribution in [-0.4, -0.2) is 13.0 Å². The van der Waals surface area contributed by atoms with Gasteiger partial charge in [0.2, 0.25) is 5.91 Å². The van der Waals surface area contributed by atoms with Crippen molar-refractivity contribution in [2.45, 2.75) is 19.3 Å². The maximum Gasteiger partial charge on any atom is 0.231 e. The number of carbonyl (C=O) groups excluding carboxylic acids is 1.